The van der Waals surface area contributed by atoms with Gasteiger partial charge in [0.15, 0.2) is 0 Å². The molecule has 2 N–H and O–H groups in total. The minimum Gasteiger partial charge on any atom is -0.394 e. The highest BCUT2D eigenvalue weighted by molar-refractivity contribution is 6.30. The van der Waals surface area contributed by atoms with E-state index in [0.717, 1.165) is 16.6 Å². The predicted molar refractivity (Wildman–Crippen MR) is 94.3 cm³/mol. The molecule has 0 radical (unpaired) electrons. The Morgan fingerprint density at radius 3 is 2.75 bits per heavy atom. The van der Waals surface area contributed by atoms with Gasteiger partial charge in [-0.3, -0.25) is 4.79 Å². The van der Waals surface area contributed by atoms with E-state index < -0.39 is 0 Å². The summed E-state index contributed by atoms with van der Waals surface area (Å²) in [5, 5.41) is 12.5. The Hall–Kier alpha value is -2.37. The molecule has 0 aliphatic heterocycles. The maximum Gasteiger partial charge on any atom is 0.251 e. The number of aromatic nitrogens is 2. The Morgan fingerprint density at radius 1 is 1.29 bits per heavy atom. The van der Waals surface area contributed by atoms with Gasteiger partial charge in [0.25, 0.3) is 5.91 Å². The van der Waals surface area contributed by atoms with Gasteiger partial charge in [-0.15, -0.1) is 0 Å². The molecule has 6 heteroatoms. The number of nitrogens with zero attached hydrogens (tertiary/aromatic N) is 2. The summed E-state index contributed by atoms with van der Waals surface area (Å²) >= 11 is 5.91. The number of aliphatic hydroxyl groups is 1. The van der Waals surface area contributed by atoms with E-state index in [2.05, 4.69) is 10.3 Å². The number of hydrogen-bond donors (Lipinski definition) is 2. The van der Waals surface area contributed by atoms with Gasteiger partial charge in [0.1, 0.15) is 0 Å². The van der Waals surface area contributed by atoms with Crippen LogP contribution in [0.5, 0.6) is 0 Å². The minimum atomic E-state index is -0.282. The molecule has 1 aromatic heterocycles. The van der Waals surface area contributed by atoms with Crippen molar-refractivity contribution in [3.63, 3.8) is 0 Å². The van der Waals surface area contributed by atoms with Gasteiger partial charge < -0.3 is 15.0 Å². The van der Waals surface area contributed by atoms with Crippen molar-refractivity contribution in [1.29, 1.82) is 0 Å². The molecule has 0 aliphatic carbocycles. The topological polar surface area (TPSA) is 67.2 Å². The van der Waals surface area contributed by atoms with Crippen LogP contribution in [0.3, 0.4) is 0 Å². The molecule has 0 unspecified atom stereocenters. The number of imidazole rings is 1. The molecule has 3 rings (SSSR count). The van der Waals surface area contributed by atoms with Crippen LogP contribution in [0.1, 0.15) is 22.8 Å². The van der Waals surface area contributed by atoms with E-state index in [1.807, 2.05) is 34.9 Å². The third-order valence-corrected chi connectivity index (χ3v) is 4.05. The van der Waals surface area contributed by atoms with E-state index in [0.29, 0.717) is 17.1 Å². The lowest BCUT2D eigenvalue weighted by molar-refractivity contribution is 0.0922. The molecular weight excluding hydrogens is 326 g/mol. The van der Waals surface area contributed by atoms with Crippen molar-refractivity contribution in [2.45, 2.75) is 19.5 Å². The van der Waals surface area contributed by atoms with Crippen molar-refractivity contribution in [3.05, 3.63) is 64.9 Å². The van der Waals surface area contributed by atoms with Crippen LogP contribution in [0, 0.1) is 0 Å². The van der Waals surface area contributed by atoms with Gasteiger partial charge in [0, 0.05) is 23.2 Å². The van der Waals surface area contributed by atoms with Gasteiger partial charge in [0.2, 0.25) is 0 Å². The van der Waals surface area contributed by atoms with Crippen LogP contribution in [-0.2, 0) is 6.54 Å². The smallest absolute Gasteiger partial charge is 0.251 e. The summed E-state index contributed by atoms with van der Waals surface area (Å²) in [6.07, 6.45) is 1.76. The fourth-order valence-electron chi connectivity index (χ4n) is 2.47. The summed E-state index contributed by atoms with van der Waals surface area (Å²) in [7, 11) is 0. The zero-order valence-corrected chi connectivity index (χ0v) is 14.0. The molecule has 1 atom stereocenters. The molecule has 0 aliphatic rings. The first-order chi connectivity index (χ1) is 11.6. The number of nitrogens with one attached hydrogen (secondary N) is 1. The van der Waals surface area contributed by atoms with Crippen LogP contribution >= 0.6 is 11.6 Å². The van der Waals surface area contributed by atoms with Crippen molar-refractivity contribution < 1.29 is 9.90 Å². The zero-order valence-electron chi connectivity index (χ0n) is 13.2. The van der Waals surface area contributed by atoms with Crippen molar-refractivity contribution in [1.82, 2.24) is 14.9 Å². The van der Waals surface area contributed by atoms with Crippen molar-refractivity contribution >= 4 is 28.5 Å². The van der Waals surface area contributed by atoms with Crippen molar-refractivity contribution in [3.8, 4) is 0 Å². The molecule has 0 bridgehead atoms. The monoisotopic (exact) mass is 343 g/mol. The van der Waals surface area contributed by atoms with Crippen LogP contribution in [0.2, 0.25) is 5.02 Å². The predicted octanol–water partition coefficient (Wildman–Crippen LogP) is 2.85. The fraction of sp³-hybridized carbons (Fsp3) is 0.222. The van der Waals surface area contributed by atoms with Crippen molar-refractivity contribution in [2.24, 2.45) is 0 Å². The maximum absolute atomic E-state index is 12.1. The van der Waals surface area contributed by atoms with Crippen LogP contribution in [0.15, 0.2) is 48.8 Å². The lowest BCUT2D eigenvalue weighted by Crippen LogP contribution is -2.34. The molecule has 124 valence electrons. The van der Waals surface area contributed by atoms with Gasteiger partial charge >= 0.3 is 0 Å². The van der Waals surface area contributed by atoms with E-state index in [1.165, 1.54) is 0 Å². The third kappa shape index (κ3) is 3.58. The molecule has 0 saturated heterocycles. The zero-order chi connectivity index (χ0) is 17.1. The number of carbonyl (C=O) groups is 1. The van der Waals surface area contributed by atoms with E-state index in [9.17, 15) is 4.79 Å². The molecule has 3 aromatic rings. The summed E-state index contributed by atoms with van der Waals surface area (Å²) in [5.74, 6) is -0.217. The molecule has 5 nitrogen and oxygen atoms in total. The minimum absolute atomic E-state index is 0.0935. The van der Waals surface area contributed by atoms with Crippen molar-refractivity contribution in [2.75, 3.05) is 6.61 Å². The number of amides is 1. The lowest BCUT2D eigenvalue weighted by atomic mass is 10.1. The highest BCUT2D eigenvalue weighted by Gasteiger charge is 2.11. The number of fused-ring (bicyclic) bond motifs is 1. The Labute approximate surface area is 144 Å². The molecule has 1 amide bonds. The first-order valence-corrected chi connectivity index (χ1v) is 8.05. The number of aliphatic hydroxyl groups excluding tert-OH is 1. The van der Waals surface area contributed by atoms with E-state index in [1.54, 1.807) is 25.4 Å². The first-order valence-electron chi connectivity index (χ1n) is 7.68. The quantitative estimate of drug-likeness (QED) is 0.748. The van der Waals surface area contributed by atoms with Crippen LogP contribution < -0.4 is 5.32 Å². The van der Waals surface area contributed by atoms with E-state index in [-0.39, 0.29) is 18.6 Å². The molecule has 0 fully saturated rings. The number of carbonyl (C=O) groups excluding carboxylic acids is 1. The summed E-state index contributed by atoms with van der Waals surface area (Å²) < 4.78 is 2.02. The molecular formula is C18H18ClN3O2. The molecule has 0 saturated carbocycles. The third-order valence-electron chi connectivity index (χ3n) is 3.80. The van der Waals surface area contributed by atoms with Gasteiger partial charge in [-0.25, -0.2) is 4.98 Å². The number of rotatable bonds is 5. The Balaban J connectivity index is 1.83. The summed E-state index contributed by atoms with van der Waals surface area (Å²) in [6.45, 7) is 2.34. The summed E-state index contributed by atoms with van der Waals surface area (Å²) in [6, 6.07) is 12.8. The molecule has 24 heavy (non-hydrogen) atoms. The summed E-state index contributed by atoms with van der Waals surface area (Å²) in [4.78, 5) is 16.5. The van der Waals surface area contributed by atoms with Gasteiger partial charge in [0.05, 0.1) is 24.0 Å². The van der Waals surface area contributed by atoms with E-state index >= 15 is 0 Å². The largest absolute Gasteiger partial charge is 0.394 e. The second kappa shape index (κ2) is 7.03. The number of benzene rings is 2. The highest BCUT2D eigenvalue weighted by Crippen LogP contribution is 2.18. The Bertz CT molecular complexity index is 858. The lowest BCUT2D eigenvalue weighted by Gasteiger charge is -2.10. The average Bonchev–Trinajstić information content (AvgIpc) is 2.99. The number of hydrogen-bond acceptors (Lipinski definition) is 3. The summed E-state index contributed by atoms with van der Waals surface area (Å²) in [5.41, 5.74) is 3.36. The fourth-order valence-corrected chi connectivity index (χ4v) is 2.60. The van der Waals surface area contributed by atoms with Crippen LogP contribution in [-0.4, -0.2) is 33.2 Å². The standard InChI is InChI=1S/C18H18ClN3O2/c1-12(10-23)21-18(24)14-4-7-17-16(8-14)20-11-22(17)9-13-2-5-15(19)6-3-13/h2-8,11-12,23H,9-10H2,1H3,(H,21,24)/t12-/m0/s1. The second-order valence-electron chi connectivity index (χ2n) is 5.76. The van der Waals surface area contributed by atoms with Gasteiger partial charge in [-0.1, -0.05) is 23.7 Å². The highest BCUT2D eigenvalue weighted by atomic mass is 35.5. The Morgan fingerprint density at radius 2 is 2.04 bits per heavy atom. The Kier molecular flexibility index (Phi) is 4.83. The first kappa shape index (κ1) is 16.5. The molecule has 0 spiro atoms. The second-order valence-corrected chi connectivity index (χ2v) is 6.20. The average molecular weight is 344 g/mol. The number of halogens is 1. The van der Waals surface area contributed by atoms with Gasteiger partial charge in [-0.05, 0) is 42.8 Å². The molecule has 1 heterocycles. The van der Waals surface area contributed by atoms with Gasteiger partial charge in [-0.2, -0.15) is 0 Å². The normalized spacial score (nSPS) is 12.3. The van der Waals surface area contributed by atoms with Crippen LogP contribution in [0.25, 0.3) is 11.0 Å². The maximum atomic E-state index is 12.1. The SMILES string of the molecule is C[C@@H](CO)NC(=O)c1ccc2c(c1)ncn2Cc1ccc(Cl)cc1. The molecule has 2 aromatic carbocycles. The van der Waals surface area contributed by atoms with E-state index in [4.69, 9.17) is 16.7 Å². The van der Waals surface area contributed by atoms with Crippen LogP contribution in [0.4, 0.5) is 0 Å².